The number of carbonyl (C=O) groups excluding carboxylic acids is 1. The molecule has 0 unspecified atom stereocenters. The molecule has 2 aromatic heterocycles. The van der Waals surface area contributed by atoms with Crippen LogP contribution in [0.1, 0.15) is 27.3 Å². The molecule has 3 rings (SSSR count). The maximum absolute atomic E-state index is 11.4. The molecule has 0 saturated heterocycles. The second-order valence-corrected chi connectivity index (χ2v) is 5.43. The number of hydrogen-bond donors (Lipinski definition) is 0. The van der Waals surface area contributed by atoms with E-state index in [1.807, 2.05) is 56.7 Å². The van der Waals surface area contributed by atoms with Crippen LogP contribution < -0.4 is 0 Å². The summed E-state index contributed by atoms with van der Waals surface area (Å²) in [5.41, 5.74) is 5.18. The summed E-state index contributed by atoms with van der Waals surface area (Å²) in [6.45, 7) is 5.86. The molecular formula is C17H17N3O2. The zero-order valence-corrected chi connectivity index (χ0v) is 13.0. The Balaban J connectivity index is 2.10. The van der Waals surface area contributed by atoms with E-state index in [0.717, 1.165) is 23.2 Å². The summed E-state index contributed by atoms with van der Waals surface area (Å²) in [4.78, 5) is 15.9. The SMILES string of the molecule is Cc1ccc(-c2noc(-c3c(C=O)c(C)n(C)c3C)n2)cc1. The average Bonchev–Trinajstić information content (AvgIpc) is 3.07. The molecule has 1 aromatic carbocycles. The van der Waals surface area contributed by atoms with E-state index in [0.29, 0.717) is 22.8 Å². The highest BCUT2D eigenvalue weighted by atomic mass is 16.5. The van der Waals surface area contributed by atoms with Gasteiger partial charge in [-0.05, 0) is 20.8 Å². The lowest BCUT2D eigenvalue weighted by Crippen LogP contribution is -1.93. The van der Waals surface area contributed by atoms with Crippen molar-refractivity contribution in [3.8, 4) is 22.8 Å². The molecule has 112 valence electrons. The molecule has 0 N–H and O–H groups in total. The van der Waals surface area contributed by atoms with Crippen molar-refractivity contribution in [3.05, 3.63) is 46.8 Å². The minimum absolute atomic E-state index is 0.374. The highest BCUT2D eigenvalue weighted by Gasteiger charge is 2.22. The maximum Gasteiger partial charge on any atom is 0.260 e. The van der Waals surface area contributed by atoms with E-state index >= 15 is 0 Å². The van der Waals surface area contributed by atoms with Crippen molar-refractivity contribution in [1.29, 1.82) is 0 Å². The second-order valence-electron chi connectivity index (χ2n) is 5.43. The molecule has 0 aliphatic rings. The lowest BCUT2D eigenvalue weighted by atomic mass is 10.1. The Labute approximate surface area is 128 Å². The summed E-state index contributed by atoms with van der Waals surface area (Å²) in [6, 6.07) is 7.90. The van der Waals surface area contributed by atoms with E-state index in [-0.39, 0.29) is 0 Å². The van der Waals surface area contributed by atoms with Crippen molar-refractivity contribution < 1.29 is 9.32 Å². The van der Waals surface area contributed by atoms with Crippen LogP contribution in [0.2, 0.25) is 0 Å². The highest BCUT2D eigenvalue weighted by molar-refractivity contribution is 5.88. The molecule has 0 bridgehead atoms. The zero-order valence-electron chi connectivity index (χ0n) is 13.0. The van der Waals surface area contributed by atoms with E-state index in [4.69, 9.17) is 4.52 Å². The first-order valence-corrected chi connectivity index (χ1v) is 7.05. The van der Waals surface area contributed by atoms with Gasteiger partial charge < -0.3 is 9.09 Å². The molecule has 0 atom stereocenters. The van der Waals surface area contributed by atoms with Crippen molar-refractivity contribution >= 4 is 6.29 Å². The molecule has 0 radical (unpaired) electrons. The zero-order chi connectivity index (χ0) is 15.9. The number of rotatable bonds is 3. The monoisotopic (exact) mass is 295 g/mol. The number of benzene rings is 1. The third-order valence-corrected chi connectivity index (χ3v) is 4.09. The average molecular weight is 295 g/mol. The van der Waals surface area contributed by atoms with E-state index in [1.54, 1.807) is 0 Å². The Morgan fingerprint density at radius 1 is 1.09 bits per heavy atom. The summed E-state index contributed by atoms with van der Waals surface area (Å²) in [5, 5.41) is 4.04. The predicted molar refractivity (Wildman–Crippen MR) is 83.7 cm³/mol. The summed E-state index contributed by atoms with van der Waals surface area (Å²) >= 11 is 0. The number of aromatic nitrogens is 3. The molecule has 5 nitrogen and oxygen atoms in total. The molecular weight excluding hydrogens is 278 g/mol. The number of aldehydes is 1. The van der Waals surface area contributed by atoms with Crippen molar-refractivity contribution in [3.63, 3.8) is 0 Å². The van der Waals surface area contributed by atoms with Crippen LogP contribution in [0.3, 0.4) is 0 Å². The van der Waals surface area contributed by atoms with Crippen LogP contribution in [0, 0.1) is 20.8 Å². The van der Waals surface area contributed by atoms with Crippen LogP contribution >= 0.6 is 0 Å². The fourth-order valence-corrected chi connectivity index (χ4v) is 2.53. The molecule has 3 aromatic rings. The van der Waals surface area contributed by atoms with Gasteiger partial charge in [-0.15, -0.1) is 0 Å². The third-order valence-electron chi connectivity index (χ3n) is 4.09. The van der Waals surface area contributed by atoms with Gasteiger partial charge in [0.2, 0.25) is 5.82 Å². The summed E-state index contributed by atoms with van der Waals surface area (Å²) < 4.78 is 7.35. The van der Waals surface area contributed by atoms with Crippen LogP contribution in [0.4, 0.5) is 0 Å². The molecule has 22 heavy (non-hydrogen) atoms. The number of hydrogen-bond acceptors (Lipinski definition) is 4. The summed E-state index contributed by atoms with van der Waals surface area (Å²) in [6.07, 6.45) is 0.841. The number of carbonyl (C=O) groups is 1. The topological polar surface area (TPSA) is 60.9 Å². The van der Waals surface area contributed by atoms with Crippen LogP contribution in [0.15, 0.2) is 28.8 Å². The largest absolute Gasteiger partial charge is 0.351 e. The second kappa shape index (κ2) is 5.26. The quantitative estimate of drug-likeness (QED) is 0.694. The van der Waals surface area contributed by atoms with Gasteiger partial charge in [-0.2, -0.15) is 4.98 Å². The van der Waals surface area contributed by atoms with Gasteiger partial charge in [-0.1, -0.05) is 35.0 Å². The number of aryl methyl sites for hydroxylation is 1. The first-order chi connectivity index (χ1) is 10.5. The Kier molecular flexibility index (Phi) is 3.41. The highest BCUT2D eigenvalue weighted by Crippen LogP contribution is 2.30. The fourth-order valence-electron chi connectivity index (χ4n) is 2.53. The third kappa shape index (κ3) is 2.15. The summed E-state index contributed by atoms with van der Waals surface area (Å²) in [5.74, 6) is 0.895. The van der Waals surface area contributed by atoms with Crippen LogP contribution in [-0.4, -0.2) is 21.0 Å². The van der Waals surface area contributed by atoms with Gasteiger partial charge in [0.05, 0.1) is 5.56 Å². The standard InChI is InChI=1S/C17H17N3O2/c1-10-5-7-13(8-6-10)16-18-17(22-19-16)15-12(3)20(4)11(2)14(15)9-21/h5-9H,1-4H3. The minimum atomic E-state index is 0.374. The van der Waals surface area contributed by atoms with E-state index in [1.165, 1.54) is 5.56 Å². The Bertz CT molecular complexity index is 842. The van der Waals surface area contributed by atoms with Gasteiger partial charge in [0.15, 0.2) is 6.29 Å². The predicted octanol–water partition coefficient (Wildman–Crippen LogP) is 3.48. The number of nitrogens with zero attached hydrogens (tertiary/aromatic N) is 3. The minimum Gasteiger partial charge on any atom is -0.351 e. The van der Waals surface area contributed by atoms with Gasteiger partial charge in [0, 0.05) is 29.6 Å². The van der Waals surface area contributed by atoms with Gasteiger partial charge in [-0.25, -0.2) is 0 Å². The van der Waals surface area contributed by atoms with Crippen LogP contribution in [-0.2, 0) is 7.05 Å². The van der Waals surface area contributed by atoms with Crippen molar-refractivity contribution in [1.82, 2.24) is 14.7 Å². The molecule has 0 aliphatic heterocycles. The van der Waals surface area contributed by atoms with Gasteiger partial charge >= 0.3 is 0 Å². The lowest BCUT2D eigenvalue weighted by molar-refractivity contribution is 0.112. The van der Waals surface area contributed by atoms with Crippen LogP contribution in [0.5, 0.6) is 0 Å². The molecule has 0 saturated carbocycles. The Hall–Kier alpha value is -2.69. The van der Waals surface area contributed by atoms with Gasteiger partial charge in [-0.3, -0.25) is 4.79 Å². The molecule has 5 heteroatoms. The molecule has 0 fully saturated rings. The summed E-state index contributed by atoms with van der Waals surface area (Å²) in [7, 11) is 1.92. The molecule has 0 spiro atoms. The molecule has 0 aliphatic carbocycles. The van der Waals surface area contributed by atoms with Crippen molar-refractivity contribution in [2.24, 2.45) is 7.05 Å². The van der Waals surface area contributed by atoms with Gasteiger partial charge in [0.1, 0.15) is 0 Å². The molecule has 0 amide bonds. The van der Waals surface area contributed by atoms with Crippen molar-refractivity contribution in [2.75, 3.05) is 0 Å². The molecule has 2 heterocycles. The normalized spacial score (nSPS) is 10.9. The Morgan fingerprint density at radius 3 is 2.41 bits per heavy atom. The first kappa shape index (κ1) is 14.3. The first-order valence-electron chi connectivity index (χ1n) is 7.05. The smallest absolute Gasteiger partial charge is 0.260 e. The van der Waals surface area contributed by atoms with E-state index < -0.39 is 0 Å². The van der Waals surface area contributed by atoms with E-state index in [2.05, 4.69) is 10.1 Å². The Morgan fingerprint density at radius 2 is 1.77 bits per heavy atom. The fraction of sp³-hybridized carbons (Fsp3) is 0.235. The van der Waals surface area contributed by atoms with Crippen LogP contribution in [0.25, 0.3) is 22.8 Å². The van der Waals surface area contributed by atoms with Gasteiger partial charge in [0.25, 0.3) is 5.89 Å². The lowest BCUT2D eigenvalue weighted by Gasteiger charge is -1.98. The van der Waals surface area contributed by atoms with Crippen molar-refractivity contribution in [2.45, 2.75) is 20.8 Å². The van der Waals surface area contributed by atoms with E-state index in [9.17, 15) is 4.79 Å². The maximum atomic E-state index is 11.4.